The lowest BCUT2D eigenvalue weighted by atomic mass is 10.1. The Hall–Kier alpha value is -2.60. The first-order valence-corrected chi connectivity index (χ1v) is 6.72. The number of carbonyl (C=O) groups excluding carboxylic acids is 1. The molecule has 116 valence electrons. The predicted molar refractivity (Wildman–Crippen MR) is 81.4 cm³/mol. The highest BCUT2D eigenvalue weighted by molar-refractivity contribution is 5.90. The van der Waals surface area contributed by atoms with Crippen LogP contribution in [0.3, 0.4) is 0 Å². The van der Waals surface area contributed by atoms with Crippen molar-refractivity contribution in [2.75, 3.05) is 19.0 Å². The summed E-state index contributed by atoms with van der Waals surface area (Å²) in [5.74, 6) is 0.00855. The largest absolute Gasteiger partial charge is 0.495 e. The number of benzene rings is 2. The summed E-state index contributed by atoms with van der Waals surface area (Å²) < 4.78 is 18.6. The van der Waals surface area contributed by atoms with Crippen molar-refractivity contribution < 1.29 is 19.0 Å². The molecule has 3 N–H and O–H groups in total. The Kier molecular flexibility index (Phi) is 5.32. The minimum atomic E-state index is -1.12. The maximum Gasteiger partial charge on any atom is 0.319 e. The van der Waals surface area contributed by atoms with E-state index in [1.165, 1.54) is 25.3 Å². The summed E-state index contributed by atoms with van der Waals surface area (Å²) >= 11 is 0. The molecule has 0 saturated carbocycles. The van der Waals surface area contributed by atoms with Crippen molar-refractivity contribution in [1.29, 1.82) is 0 Å². The van der Waals surface area contributed by atoms with Gasteiger partial charge in [0.2, 0.25) is 0 Å². The summed E-state index contributed by atoms with van der Waals surface area (Å²) in [6, 6.07) is 12.3. The van der Waals surface area contributed by atoms with Gasteiger partial charge in [-0.2, -0.15) is 0 Å². The zero-order chi connectivity index (χ0) is 15.9. The Labute approximate surface area is 127 Å². The minimum Gasteiger partial charge on any atom is -0.495 e. The van der Waals surface area contributed by atoms with Gasteiger partial charge in [-0.25, -0.2) is 9.18 Å². The molecule has 1 atom stereocenters. The van der Waals surface area contributed by atoms with E-state index in [-0.39, 0.29) is 12.1 Å². The molecular formula is C16H17FN2O3. The summed E-state index contributed by atoms with van der Waals surface area (Å²) in [6.07, 6.45) is -1.12. The fourth-order valence-corrected chi connectivity index (χ4v) is 1.96. The molecule has 2 rings (SSSR count). The Morgan fingerprint density at radius 2 is 1.91 bits per heavy atom. The topological polar surface area (TPSA) is 70.6 Å². The van der Waals surface area contributed by atoms with Crippen molar-refractivity contribution in [2.24, 2.45) is 0 Å². The first kappa shape index (κ1) is 15.8. The van der Waals surface area contributed by atoms with Crippen LogP contribution in [0, 0.1) is 5.82 Å². The molecule has 6 heteroatoms. The van der Waals surface area contributed by atoms with Crippen LogP contribution in [-0.2, 0) is 0 Å². The van der Waals surface area contributed by atoms with Crippen molar-refractivity contribution in [2.45, 2.75) is 6.10 Å². The number of aliphatic hydroxyl groups excluding tert-OH is 1. The molecule has 0 saturated heterocycles. The summed E-state index contributed by atoms with van der Waals surface area (Å²) in [5, 5.41) is 15.0. The van der Waals surface area contributed by atoms with E-state index in [4.69, 9.17) is 4.74 Å². The highest BCUT2D eigenvalue weighted by Crippen LogP contribution is 2.22. The van der Waals surface area contributed by atoms with E-state index in [0.717, 1.165) is 0 Å². The van der Waals surface area contributed by atoms with Gasteiger partial charge in [0.05, 0.1) is 18.9 Å². The Morgan fingerprint density at radius 3 is 2.64 bits per heavy atom. The summed E-state index contributed by atoms with van der Waals surface area (Å²) in [7, 11) is 1.50. The zero-order valence-electron chi connectivity index (χ0n) is 12.0. The van der Waals surface area contributed by atoms with Crippen molar-refractivity contribution in [3.8, 4) is 5.75 Å². The van der Waals surface area contributed by atoms with E-state index in [1.807, 2.05) is 0 Å². The number of hydrogen-bond acceptors (Lipinski definition) is 3. The van der Waals surface area contributed by atoms with E-state index >= 15 is 0 Å². The number of halogens is 1. The van der Waals surface area contributed by atoms with Gasteiger partial charge in [-0.1, -0.05) is 30.3 Å². The molecule has 0 heterocycles. The number of carbonyl (C=O) groups is 1. The maximum atomic E-state index is 13.5. The van der Waals surface area contributed by atoms with Gasteiger partial charge in [-0.15, -0.1) is 0 Å². The highest BCUT2D eigenvalue weighted by Gasteiger charge is 2.14. The normalized spacial score (nSPS) is 11.6. The van der Waals surface area contributed by atoms with Crippen LogP contribution in [0.2, 0.25) is 0 Å². The van der Waals surface area contributed by atoms with Crippen LogP contribution >= 0.6 is 0 Å². The number of hydrogen-bond donors (Lipinski definition) is 3. The number of aliphatic hydroxyl groups is 1. The molecular weight excluding hydrogens is 287 g/mol. The van der Waals surface area contributed by atoms with Crippen LogP contribution < -0.4 is 15.4 Å². The molecule has 0 aliphatic heterocycles. The number of urea groups is 1. The molecule has 0 aromatic heterocycles. The molecule has 2 amide bonds. The molecule has 5 nitrogen and oxygen atoms in total. The van der Waals surface area contributed by atoms with Crippen LogP contribution in [-0.4, -0.2) is 24.8 Å². The number of rotatable bonds is 5. The first-order chi connectivity index (χ1) is 10.6. The molecule has 2 aromatic carbocycles. The first-order valence-electron chi connectivity index (χ1n) is 6.72. The second-order valence-electron chi connectivity index (χ2n) is 4.57. The van der Waals surface area contributed by atoms with Gasteiger partial charge < -0.3 is 20.5 Å². The smallest absolute Gasteiger partial charge is 0.319 e. The third kappa shape index (κ3) is 3.95. The van der Waals surface area contributed by atoms with E-state index in [1.54, 1.807) is 30.3 Å². The summed E-state index contributed by atoms with van der Waals surface area (Å²) in [4.78, 5) is 11.8. The number of anilines is 1. The average molecular weight is 304 g/mol. The van der Waals surface area contributed by atoms with Gasteiger partial charge in [0, 0.05) is 12.1 Å². The van der Waals surface area contributed by atoms with E-state index in [2.05, 4.69) is 10.6 Å². The molecule has 0 aliphatic rings. The van der Waals surface area contributed by atoms with Gasteiger partial charge in [0.25, 0.3) is 0 Å². The van der Waals surface area contributed by atoms with Crippen molar-refractivity contribution in [1.82, 2.24) is 5.32 Å². The van der Waals surface area contributed by atoms with E-state index in [0.29, 0.717) is 11.4 Å². The van der Waals surface area contributed by atoms with Crippen molar-refractivity contribution in [3.63, 3.8) is 0 Å². The molecule has 0 fully saturated rings. The van der Waals surface area contributed by atoms with Crippen molar-refractivity contribution >= 4 is 11.7 Å². The predicted octanol–water partition coefficient (Wildman–Crippen LogP) is 2.69. The van der Waals surface area contributed by atoms with E-state index in [9.17, 15) is 14.3 Å². The average Bonchev–Trinajstić information content (AvgIpc) is 2.53. The summed E-state index contributed by atoms with van der Waals surface area (Å²) in [6.45, 7) is -0.109. The SMILES string of the molecule is COc1ccccc1NC(=O)NC[C@H](O)c1ccccc1F. The highest BCUT2D eigenvalue weighted by atomic mass is 19.1. The standard InChI is InChI=1S/C16H17FN2O3/c1-22-15-9-5-4-8-13(15)19-16(21)18-10-14(20)11-6-2-3-7-12(11)17/h2-9,14,20H,10H2,1H3,(H2,18,19,21)/t14-/m0/s1. The number of nitrogens with one attached hydrogen (secondary N) is 2. The van der Waals surface area contributed by atoms with Crippen LogP contribution in [0.1, 0.15) is 11.7 Å². The fraction of sp³-hybridized carbons (Fsp3) is 0.188. The van der Waals surface area contributed by atoms with Crippen LogP contribution in [0.5, 0.6) is 5.75 Å². The molecule has 0 bridgehead atoms. The Bertz CT molecular complexity index is 649. The van der Waals surface area contributed by atoms with E-state index < -0.39 is 18.0 Å². The second-order valence-corrected chi connectivity index (χ2v) is 4.57. The van der Waals surface area contributed by atoms with Crippen LogP contribution in [0.4, 0.5) is 14.9 Å². The third-order valence-corrected chi connectivity index (χ3v) is 3.08. The molecule has 2 aromatic rings. The van der Waals surface area contributed by atoms with Gasteiger partial charge in [0.15, 0.2) is 0 Å². The van der Waals surface area contributed by atoms with Gasteiger partial charge in [0.1, 0.15) is 11.6 Å². The van der Waals surface area contributed by atoms with Gasteiger partial charge in [-0.05, 0) is 18.2 Å². The Morgan fingerprint density at radius 1 is 1.23 bits per heavy atom. The quantitative estimate of drug-likeness (QED) is 0.795. The van der Waals surface area contributed by atoms with Gasteiger partial charge in [-0.3, -0.25) is 0 Å². The lowest BCUT2D eigenvalue weighted by molar-refractivity contribution is 0.170. The molecule has 0 aliphatic carbocycles. The molecule has 0 spiro atoms. The third-order valence-electron chi connectivity index (χ3n) is 3.08. The number of ether oxygens (including phenoxy) is 1. The molecule has 0 unspecified atom stereocenters. The number of methoxy groups -OCH3 is 1. The lowest BCUT2D eigenvalue weighted by Gasteiger charge is -2.14. The van der Waals surface area contributed by atoms with Gasteiger partial charge >= 0.3 is 6.03 Å². The van der Waals surface area contributed by atoms with Crippen LogP contribution in [0.15, 0.2) is 48.5 Å². The monoisotopic (exact) mass is 304 g/mol. The molecule has 22 heavy (non-hydrogen) atoms. The fourth-order valence-electron chi connectivity index (χ4n) is 1.96. The number of para-hydroxylation sites is 2. The Balaban J connectivity index is 1.92. The summed E-state index contributed by atoms with van der Waals surface area (Å²) in [5.41, 5.74) is 0.642. The number of amides is 2. The minimum absolute atomic E-state index is 0.109. The second kappa shape index (κ2) is 7.42. The van der Waals surface area contributed by atoms with Crippen LogP contribution in [0.25, 0.3) is 0 Å². The van der Waals surface area contributed by atoms with Crippen molar-refractivity contribution in [3.05, 3.63) is 59.9 Å². The zero-order valence-corrected chi connectivity index (χ0v) is 12.0. The lowest BCUT2D eigenvalue weighted by Crippen LogP contribution is -2.32. The molecule has 0 radical (unpaired) electrons. The maximum absolute atomic E-state index is 13.5.